The van der Waals surface area contributed by atoms with Crippen LogP contribution in [0.15, 0.2) is 58.4 Å². The van der Waals surface area contributed by atoms with Crippen molar-refractivity contribution in [3.8, 4) is 28.4 Å². The van der Waals surface area contributed by atoms with Crippen LogP contribution < -0.4 is 15.8 Å². The molecule has 0 aliphatic heterocycles. The van der Waals surface area contributed by atoms with E-state index in [1.165, 1.54) is 0 Å². The van der Waals surface area contributed by atoms with Crippen LogP contribution >= 0.6 is 0 Å². The Morgan fingerprint density at radius 2 is 2.00 bits per heavy atom. The number of benzene rings is 1. The molecule has 148 valence electrons. The van der Waals surface area contributed by atoms with E-state index in [9.17, 15) is 4.79 Å². The van der Waals surface area contributed by atoms with Gasteiger partial charge in [0.15, 0.2) is 0 Å². The summed E-state index contributed by atoms with van der Waals surface area (Å²) < 4.78 is 11.2. The maximum absolute atomic E-state index is 11.9. The van der Waals surface area contributed by atoms with Gasteiger partial charge in [-0.3, -0.25) is 4.98 Å². The molecule has 4 rings (SSSR count). The summed E-state index contributed by atoms with van der Waals surface area (Å²) in [5.41, 5.74) is 10.6. The first-order chi connectivity index (χ1) is 14.2. The monoisotopic (exact) mass is 392 g/mol. The van der Waals surface area contributed by atoms with E-state index >= 15 is 0 Å². The lowest BCUT2D eigenvalue weighted by molar-refractivity contribution is 0.188. The molecule has 29 heavy (non-hydrogen) atoms. The number of fused-ring (bicyclic) bond motifs is 1. The van der Waals surface area contributed by atoms with E-state index < -0.39 is 6.09 Å². The first-order valence-electron chi connectivity index (χ1n) is 9.24. The van der Waals surface area contributed by atoms with Crippen LogP contribution in [0.1, 0.15) is 17.5 Å². The molecule has 1 amide bonds. The smallest absolute Gasteiger partial charge is 0.415 e. The number of nitrogens with one attached hydrogen (secondary N) is 1. The topological polar surface area (TPSA) is 123 Å². The van der Waals surface area contributed by atoms with Crippen molar-refractivity contribution in [2.45, 2.75) is 12.8 Å². The molecule has 8 heteroatoms. The molecule has 0 unspecified atom stereocenters. The molecule has 1 aromatic carbocycles. The molecule has 0 bridgehead atoms. The number of aryl methyl sites for hydroxylation is 1. The number of hydrogen-bond acceptors (Lipinski definition) is 7. The fourth-order valence-electron chi connectivity index (χ4n) is 3.40. The number of nitrogens with two attached hydrogens (primary N) is 1. The molecule has 1 aliphatic carbocycles. The number of oxime groups is 1. The molecule has 4 N–H and O–H groups in total. The highest BCUT2D eigenvalue weighted by atomic mass is 16.6. The minimum atomic E-state index is -0.630. The number of ether oxygens (including phenoxy) is 1. The number of rotatable bonds is 5. The Bertz CT molecular complexity index is 1060. The SMILES string of the molecule is NCCNC(=O)Oc1cc(-c2ccncc2)c(-c2ccc3c(c2)CCC3=NO)o1. The molecule has 0 atom stereocenters. The molecule has 0 saturated heterocycles. The highest BCUT2D eigenvalue weighted by molar-refractivity contribution is 6.04. The van der Waals surface area contributed by atoms with Gasteiger partial charge in [-0.2, -0.15) is 0 Å². The summed E-state index contributed by atoms with van der Waals surface area (Å²) in [6, 6.07) is 11.2. The lowest BCUT2D eigenvalue weighted by Gasteiger charge is -2.06. The first kappa shape index (κ1) is 18.7. The summed E-state index contributed by atoms with van der Waals surface area (Å²) in [4.78, 5) is 15.9. The highest BCUT2D eigenvalue weighted by Crippen LogP contribution is 2.39. The van der Waals surface area contributed by atoms with E-state index in [-0.39, 0.29) is 5.95 Å². The Kier molecular flexibility index (Phi) is 5.26. The quantitative estimate of drug-likeness (QED) is 0.453. The Morgan fingerprint density at radius 3 is 2.76 bits per heavy atom. The van der Waals surface area contributed by atoms with Crippen molar-refractivity contribution >= 4 is 11.8 Å². The van der Waals surface area contributed by atoms with E-state index in [4.69, 9.17) is 20.1 Å². The highest BCUT2D eigenvalue weighted by Gasteiger charge is 2.22. The Balaban J connectivity index is 1.73. The first-order valence-corrected chi connectivity index (χ1v) is 9.24. The van der Waals surface area contributed by atoms with Gasteiger partial charge in [0.05, 0.1) is 5.71 Å². The van der Waals surface area contributed by atoms with Crippen LogP contribution in [0, 0.1) is 0 Å². The van der Waals surface area contributed by atoms with Gasteiger partial charge in [-0.25, -0.2) is 4.79 Å². The van der Waals surface area contributed by atoms with Crippen LogP contribution in [0.25, 0.3) is 22.5 Å². The van der Waals surface area contributed by atoms with Crippen LogP contribution in [0.5, 0.6) is 5.95 Å². The third kappa shape index (κ3) is 3.83. The van der Waals surface area contributed by atoms with Crippen LogP contribution in [-0.4, -0.2) is 35.1 Å². The third-order valence-electron chi connectivity index (χ3n) is 4.74. The van der Waals surface area contributed by atoms with E-state index in [1.54, 1.807) is 18.5 Å². The maximum atomic E-state index is 11.9. The molecule has 0 radical (unpaired) electrons. The molecule has 1 aliphatic rings. The summed E-state index contributed by atoms with van der Waals surface area (Å²) in [6.07, 6.45) is 4.23. The third-order valence-corrected chi connectivity index (χ3v) is 4.74. The fraction of sp³-hybridized carbons (Fsp3) is 0.190. The van der Waals surface area contributed by atoms with E-state index in [0.29, 0.717) is 31.0 Å². The zero-order valence-electron chi connectivity index (χ0n) is 15.6. The van der Waals surface area contributed by atoms with Crippen LogP contribution in [0.2, 0.25) is 0 Å². The Hall–Kier alpha value is -3.65. The molecule has 0 spiro atoms. The lowest BCUT2D eigenvalue weighted by atomic mass is 10.00. The summed E-state index contributed by atoms with van der Waals surface area (Å²) in [6.45, 7) is 0.623. The summed E-state index contributed by atoms with van der Waals surface area (Å²) in [5, 5.41) is 15.1. The van der Waals surface area contributed by atoms with Crippen molar-refractivity contribution in [3.63, 3.8) is 0 Å². The van der Waals surface area contributed by atoms with Crippen LogP contribution in [0.4, 0.5) is 4.79 Å². The molecular weight excluding hydrogens is 372 g/mol. The number of nitrogens with zero attached hydrogens (tertiary/aromatic N) is 2. The predicted molar refractivity (Wildman–Crippen MR) is 107 cm³/mol. The average Bonchev–Trinajstić information content (AvgIpc) is 3.36. The standard InChI is InChI=1S/C21H20N4O4/c22-7-10-24-21(26)29-19-12-17(13-5-8-23-9-6-13)20(28-19)15-1-3-16-14(11-15)2-4-18(16)25-27/h1,3,5-6,8-9,11-12,27H,2,4,7,10,22H2,(H,24,26). The van der Waals surface area contributed by atoms with Gasteiger partial charge in [0.1, 0.15) is 5.76 Å². The summed E-state index contributed by atoms with van der Waals surface area (Å²) >= 11 is 0. The van der Waals surface area contributed by atoms with Gasteiger partial charge < -0.3 is 25.4 Å². The number of amides is 1. The van der Waals surface area contributed by atoms with E-state index in [1.807, 2.05) is 30.3 Å². The maximum Gasteiger partial charge on any atom is 0.415 e. The van der Waals surface area contributed by atoms with E-state index in [0.717, 1.165) is 34.2 Å². The van der Waals surface area contributed by atoms with Crippen molar-refractivity contribution in [3.05, 3.63) is 59.9 Å². The number of carbonyl (C=O) groups excluding carboxylic acids is 1. The molecular formula is C21H20N4O4. The molecule has 0 fully saturated rings. The van der Waals surface area contributed by atoms with Crippen LogP contribution in [-0.2, 0) is 6.42 Å². The second-order valence-corrected chi connectivity index (χ2v) is 6.57. The summed E-state index contributed by atoms with van der Waals surface area (Å²) in [5.74, 6) is 0.662. The normalized spacial score (nSPS) is 14.0. The lowest BCUT2D eigenvalue weighted by Crippen LogP contribution is -2.31. The van der Waals surface area contributed by atoms with Gasteiger partial charge in [-0.05, 0) is 42.2 Å². The van der Waals surface area contributed by atoms with Crippen molar-refractivity contribution in [1.82, 2.24) is 10.3 Å². The number of furan rings is 1. The van der Waals surface area contributed by atoms with Crippen molar-refractivity contribution in [2.75, 3.05) is 13.1 Å². The van der Waals surface area contributed by atoms with E-state index in [2.05, 4.69) is 15.5 Å². The second kappa shape index (κ2) is 8.15. The van der Waals surface area contributed by atoms with Crippen LogP contribution in [0.3, 0.4) is 0 Å². The van der Waals surface area contributed by atoms with Gasteiger partial charge >= 0.3 is 6.09 Å². The molecule has 2 heterocycles. The number of pyridine rings is 1. The van der Waals surface area contributed by atoms with Crippen molar-refractivity contribution < 1.29 is 19.2 Å². The summed E-state index contributed by atoms with van der Waals surface area (Å²) in [7, 11) is 0. The molecule has 2 aromatic heterocycles. The number of carbonyl (C=O) groups is 1. The van der Waals surface area contributed by atoms with Gasteiger partial charge in [-0.15, -0.1) is 0 Å². The number of aromatic nitrogens is 1. The van der Waals surface area contributed by atoms with Gasteiger partial charge in [-0.1, -0.05) is 17.3 Å². The predicted octanol–water partition coefficient (Wildman–Crippen LogP) is 3.18. The Morgan fingerprint density at radius 1 is 1.17 bits per heavy atom. The minimum absolute atomic E-state index is 0.0828. The van der Waals surface area contributed by atoms with Crippen molar-refractivity contribution in [2.24, 2.45) is 10.9 Å². The van der Waals surface area contributed by atoms with Gasteiger partial charge in [0, 0.05) is 48.2 Å². The Labute approximate surface area is 167 Å². The zero-order valence-corrected chi connectivity index (χ0v) is 15.6. The number of hydrogen-bond donors (Lipinski definition) is 3. The molecule has 8 nitrogen and oxygen atoms in total. The second-order valence-electron chi connectivity index (χ2n) is 6.57. The molecule has 0 saturated carbocycles. The molecule has 3 aromatic rings. The van der Waals surface area contributed by atoms with Gasteiger partial charge in [0.25, 0.3) is 5.95 Å². The largest absolute Gasteiger partial charge is 0.425 e. The average molecular weight is 392 g/mol. The van der Waals surface area contributed by atoms with Crippen molar-refractivity contribution in [1.29, 1.82) is 0 Å². The zero-order chi connectivity index (χ0) is 20.2. The minimum Gasteiger partial charge on any atom is -0.425 e. The van der Waals surface area contributed by atoms with Gasteiger partial charge in [0.2, 0.25) is 0 Å². The fourth-order valence-corrected chi connectivity index (χ4v) is 3.40.